The standard InChI is InChI=1S/C20H30N2O4/c1-19(2,3)21-15(23)11-8-7-9-12-14(10-13(11)17(21)25)18(26)22(16(12)24)20(4,5)6/h11-14H,7-10H2,1-6H3. The lowest BCUT2D eigenvalue weighted by Crippen LogP contribution is -2.46. The van der Waals surface area contributed by atoms with E-state index in [2.05, 4.69) is 0 Å². The molecule has 0 aromatic carbocycles. The Morgan fingerprint density at radius 1 is 0.615 bits per heavy atom. The highest BCUT2D eigenvalue weighted by atomic mass is 16.2. The third-order valence-electron chi connectivity index (χ3n) is 6.00. The molecule has 2 saturated heterocycles. The number of amides is 4. The van der Waals surface area contributed by atoms with Crippen LogP contribution in [0.4, 0.5) is 0 Å². The van der Waals surface area contributed by atoms with Crippen molar-refractivity contribution in [2.75, 3.05) is 0 Å². The third kappa shape index (κ3) is 2.78. The quantitative estimate of drug-likeness (QED) is 0.620. The van der Waals surface area contributed by atoms with Gasteiger partial charge in [0, 0.05) is 11.1 Å². The number of fused-ring (bicyclic) bond motifs is 2. The van der Waals surface area contributed by atoms with Gasteiger partial charge in [-0.25, -0.2) is 0 Å². The van der Waals surface area contributed by atoms with Gasteiger partial charge in [-0.2, -0.15) is 0 Å². The summed E-state index contributed by atoms with van der Waals surface area (Å²) in [7, 11) is 0. The summed E-state index contributed by atoms with van der Waals surface area (Å²) < 4.78 is 0. The molecule has 4 atom stereocenters. The Labute approximate surface area is 155 Å². The number of rotatable bonds is 0. The highest BCUT2D eigenvalue weighted by molar-refractivity contribution is 6.08. The van der Waals surface area contributed by atoms with Gasteiger partial charge in [-0.15, -0.1) is 0 Å². The average molecular weight is 362 g/mol. The van der Waals surface area contributed by atoms with Crippen LogP contribution in [0.5, 0.6) is 0 Å². The first-order valence-electron chi connectivity index (χ1n) is 9.61. The Kier molecular flexibility index (Phi) is 4.32. The molecule has 26 heavy (non-hydrogen) atoms. The van der Waals surface area contributed by atoms with Gasteiger partial charge in [0.25, 0.3) is 0 Å². The molecule has 2 aliphatic heterocycles. The molecule has 4 unspecified atom stereocenters. The van der Waals surface area contributed by atoms with Crippen LogP contribution in [0.2, 0.25) is 0 Å². The molecule has 0 N–H and O–H groups in total. The first kappa shape index (κ1) is 19.1. The van der Waals surface area contributed by atoms with Crippen molar-refractivity contribution >= 4 is 23.6 Å². The van der Waals surface area contributed by atoms with Gasteiger partial charge in [0.1, 0.15) is 0 Å². The van der Waals surface area contributed by atoms with Crippen molar-refractivity contribution in [3.8, 4) is 0 Å². The fourth-order valence-corrected chi connectivity index (χ4v) is 4.90. The second-order valence-corrected chi connectivity index (χ2v) is 9.96. The van der Waals surface area contributed by atoms with Crippen molar-refractivity contribution in [3.63, 3.8) is 0 Å². The summed E-state index contributed by atoms with van der Waals surface area (Å²) in [6.45, 7) is 11.1. The molecule has 6 nitrogen and oxygen atoms in total. The molecule has 144 valence electrons. The van der Waals surface area contributed by atoms with Gasteiger partial charge < -0.3 is 0 Å². The van der Waals surface area contributed by atoms with Gasteiger partial charge >= 0.3 is 0 Å². The van der Waals surface area contributed by atoms with Gasteiger partial charge in [0.2, 0.25) is 23.6 Å². The molecule has 0 radical (unpaired) electrons. The molecule has 3 fully saturated rings. The molecule has 0 bridgehead atoms. The van der Waals surface area contributed by atoms with Crippen molar-refractivity contribution in [1.29, 1.82) is 0 Å². The van der Waals surface area contributed by atoms with Crippen molar-refractivity contribution in [3.05, 3.63) is 0 Å². The highest BCUT2D eigenvalue weighted by Crippen LogP contribution is 2.46. The fraction of sp³-hybridized carbons (Fsp3) is 0.800. The summed E-state index contributed by atoms with van der Waals surface area (Å²) in [6, 6.07) is 0. The molecular weight excluding hydrogens is 332 g/mol. The predicted octanol–water partition coefficient (Wildman–Crippen LogP) is 2.36. The maximum absolute atomic E-state index is 13.0. The van der Waals surface area contributed by atoms with Gasteiger partial charge in [-0.05, 0) is 60.8 Å². The number of nitrogens with zero attached hydrogens (tertiary/aromatic N) is 2. The maximum atomic E-state index is 13.0. The number of hydrogen-bond acceptors (Lipinski definition) is 4. The van der Waals surface area contributed by atoms with Gasteiger partial charge in [-0.1, -0.05) is 6.42 Å². The molecule has 4 amide bonds. The topological polar surface area (TPSA) is 74.8 Å². The molecule has 1 saturated carbocycles. The summed E-state index contributed by atoms with van der Waals surface area (Å²) >= 11 is 0. The monoisotopic (exact) mass is 362 g/mol. The zero-order valence-electron chi connectivity index (χ0n) is 16.7. The lowest BCUT2D eigenvalue weighted by molar-refractivity contribution is -0.146. The Bertz CT molecular complexity index is 614. The number of carbonyl (C=O) groups is 4. The van der Waals surface area contributed by atoms with Crippen LogP contribution in [0.1, 0.15) is 67.2 Å². The van der Waals surface area contributed by atoms with Crippen LogP contribution in [0, 0.1) is 23.7 Å². The molecule has 1 aliphatic carbocycles. The van der Waals surface area contributed by atoms with E-state index in [1.54, 1.807) is 0 Å². The van der Waals surface area contributed by atoms with Gasteiger partial charge in [0.15, 0.2) is 0 Å². The van der Waals surface area contributed by atoms with E-state index in [0.29, 0.717) is 25.7 Å². The van der Waals surface area contributed by atoms with E-state index in [-0.39, 0.29) is 35.5 Å². The molecule has 2 heterocycles. The smallest absolute Gasteiger partial charge is 0.233 e. The summed E-state index contributed by atoms with van der Waals surface area (Å²) in [5.74, 6) is -2.25. The maximum Gasteiger partial charge on any atom is 0.233 e. The van der Waals surface area contributed by atoms with Crippen LogP contribution in [0.25, 0.3) is 0 Å². The first-order chi connectivity index (χ1) is 11.9. The van der Waals surface area contributed by atoms with Crippen molar-refractivity contribution in [2.45, 2.75) is 78.3 Å². The van der Waals surface area contributed by atoms with Crippen molar-refractivity contribution in [1.82, 2.24) is 9.80 Å². The molecule has 3 aliphatic rings. The normalized spacial score (nSPS) is 33.3. The second-order valence-electron chi connectivity index (χ2n) is 9.96. The Morgan fingerprint density at radius 3 is 1.23 bits per heavy atom. The molecule has 3 rings (SSSR count). The highest BCUT2D eigenvalue weighted by Gasteiger charge is 2.57. The van der Waals surface area contributed by atoms with Crippen molar-refractivity contribution in [2.24, 2.45) is 23.7 Å². The number of hydrogen-bond donors (Lipinski definition) is 0. The Hall–Kier alpha value is -1.72. The average Bonchev–Trinajstić information content (AvgIpc) is 2.79. The van der Waals surface area contributed by atoms with E-state index in [4.69, 9.17) is 0 Å². The lowest BCUT2D eigenvalue weighted by atomic mass is 9.75. The third-order valence-corrected chi connectivity index (χ3v) is 6.00. The SMILES string of the molecule is CC(C)(C)N1C(=O)C2CCCC3C(=O)N(C(C)(C)C)C(=O)C3CC2C1=O. The van der Waals surface area contributed by atoms with Crippen LogP contribution >= 0.6 is 0 Å². The minimum Gasteiger partial charge on any atom is -0.277 e. The zero-order chi connectivity index (χ0) is 19.6. The van der Waals surface area contributed by atoms with E-state index < -0.39 is 22.9 Å². The number of likely N-dealkylation sites (tertiary alicyclic amines) is 2. The van der Waals surface area contributed by atoms with E-state index in [1.807, 2.05) is 41.5 Å². The van der Waals surface area contributed by atoms with Crippen LogP contribution < -0.4 is 0 Å². The molecule has 6 heteroatoms. The Morgan fingerprint density at radius 2 is 0.923 bits per heavy atom. The van der Waals surface area contributed by atoms with Gasteiger partial charge in [0.05, 0.1) is 23.7 Å². The minimum atomic E-state index is -0.568. The molecule has 0 aromatic heterocycles. The summed E-state index contributed by atoms with van der Waals surface area (Å²) in [5.41, 5.74) is -1.14. The number of carbonyl (C=O) groups excluding carboxylic acids is 4. The van der Waals surface area contributed by atoms with E-state index in [9.17, 15) is 19.2 Å². The largest absolute Gasteiger partial charge is 0.277 e. The summed E-state index contributed by atoms with van der Waals surface area (Å²) in [5, 5.41) is 0. The zero-order valence-corrected chi connectivity index (χ0v) is 16.7. The second kappa shape index (κ2) is 5.89. The molecule has 0 spiro atoms. The van der Waals surface area contributed by atoms with Crippen LogP contribution in [-0.4, -0.2) is 44.5 Å². The summed E-state index contributed by atoms with van der Waals surface area (Å²) in [6.07, 6.45) is 2.23. The minimum absolute atomic E-state index is 0.115. The van der Waals surface area contributed by atoms with Crippen LogP contribution in [0.15, 0.2) is 0 Å². The fourth-order valence-electron chi connectivity index (χ4n) is 4.90. The Balaban J connectivity index is 1.94. The first-order valence-corrected chi connectivity index (χ1v) is 9.61. The van der Waals surface area contributed by atoms with E-state index >= 15 is 0 Å². The predicted molar refractivity (Wildman–Crippen MR) is 95.6 cm³/mol. The van der Waals surface area contributed by atoms with E-state index in [0.717, 1.165) is 0 Å². The van der Waals surface area contributed by atoms with Crippen LogP contribution in [-0.2, 0) is 19.2 Å². The summed E-state index contributed by atoms with van der Waals surface area (Å²) in [4.78, 5) is 54.5. The lowest BCUT2D eigenvalue weighted by Gasteiger charge is -2.31. The molecule has 0 aromatic rings. The van der Waals surface area contributed by atoms with Crippen molar-refractivity contribution < 1.29 is 19.2 Å². The van der Waals surface area contributed by atoms with Gasteiger partial charge in [-0.3, -0.25) is 29.0 Å². The molecular formula is C20H30N2O4. The van der Waals surface area contributed by atoms with Crippen LogP contribution in [0.3, 0.4) is 0 Å². The van der Waals surface area contributed by atoms with E-state index in [1.165, 1.54) is 9.80 Å². The number of imide groups is 2.